The Bertz CT molecular complexity index is 571. The number of amides is 1. The van der Waals surface area contributed by atoms with Crippen LogP contribution in [0.3, 0.4) is 0 Å². The van der Waals surface area contributed by atoms with Crippen molar-refractivity contribution in [1.29, 1.82) is 0 Å². The number of pyridine rings is 1. The quantitative estimate of drug-likeness (QED) is 0.822. The standard InChI is InChI=1S/C11H14N4O/c1-4-15-11-9(7(3)14-15)8(10(12)16)5-6(2)13-11/h5H,4H2,1-3H3,(H2,12,16). The highest BCUT2D eigenvalue weighted by Gasteiger charge is 2.15. The summed E-state index contributed by atoms with van der Waals surface area (Å²) in [5, 5.41) is 5.10. The predicted octanol–water partition coefficient (Wildman–Crippen LogP) is 1.17. The van der Waals surface area contributed by atoms with E-state index in [9.17, 15) is 4.79 Å². The fraction of sp³-hybridized carbons (Fsp3) is 0.364. The van der Waals surface area contributed by atoms with Crippen molar-refractivity contribution in [3.8, 4) is 0 Å². The maximum atomic E-state index is 11.4. The molecule has 2 N–H and O–H groups in total. The zero-order chi connectivity index (χ0) is 11.9. The summed E-state index contributed by atoms with van der Waals surface area (Å²) in [6.07, 6.45) is 0. The molecule has 5 nitrogen and oxygen atoms in total. The summed E-state index contributed by atoms with van der Waals surface area (Å²) in [4.78, 5) is 15.8. The average molecular weight is 218 g/mol. The lowest BCUT2D eigenvalue weighted by atomic mass is 10.1. The van der Waals surface area contributed by atoms with Crippen molar-refractivity contribution in [2.24, 2.45) is 5.73 Å². The van der Waals surface area contributed by atoms with Gasteiger partial charge in [-0.3, -0.25) is 4.79 Å². The number of fused-ring (bicyclic) bond motifs is 1. The van der Waals surface area contributed by atoms with E-state index in [4.69, 9.17) is 5.73 Å². The van der Waals surface area contributed by atoms with Crippen LogP contribution in [-0.2, 0) is 6.54 Å². The van der Waals surface area contributed by atoms with Crippen LogP contribution in [0.15, 0.2) is 6.07 Å². The molecule has 5 heteroatoms. The highest BCUT2D eigenvalue weighted by atomic mass is 16.1. The molecule has 0 fully saturated rings. The second kappa shape index (κ2) is 3.59. The Kier molecular flexibility index (Phi) is 2.38. The summed E-state index contributed by atoms with van der Waals surface area (Å²) in [6, 6.07) is 1.71. The Morgan fingerprint density at radius 1 is 1.50 bits per heavy atom. The Morgan fingerprint density at radius 2 is 2.19 bits per heavy atom. The van der Waals surface area contributed by atoms with Crippen molar-refractivity contribution in [2.75, 3.05) is 0 Å². The first-order valence-electron chi connectivity index (χ1n) is 5.19. The van der Waals surface area contributed by atoms with Gasteiger partial charge < -0.3 is 5.73 Å². The van der Waals surface area contributed by atoms with Crippen LogP contribution in [0.4, 0.5) is 0 Å². The van der Waals surface area contributed by atoms with E-state index in [1.165, 1.54) is 0 Å². The number of primary amides is 1. The van der Waals surface area contributed by atoms with Gasteiger partial charge in [-0.1, -0.05) is 0 Å². The van der Waals surface area contributed by atoms with E-state index in [0.717, 1.165) is 29.0 Å². The van der Waals surface area contributed by atoms with Gasteiger partial charge in [-0.15, -0.1) is 0 Å². The number of aryl methyl sites for hydroxylation is 3. The van der Waals surface area contributed by atoms with Gasteiger partial charge in [0.25, 0.3) is 0 Å². The molecule has 1 amide bonds. The molecule has 0 atom stereocenters. The second-order valence-electron chi connectivity index (χ2n) is 3.78. The molecular weight excluding hydrogens is 204 g/mol. The van der Waals surface area contributed by atoms with Gasteiger partial charge in [0.15, 0.2) is 5.65 Å². The highest BCUT2D eigenvalue weighted by molar-refractivity contribution is 6.05. The fourth-order valence-electron chi connectivity index (χ4n) is 1.89. The van der Waals surface area contributed by atoms with E-state index in [0.29, 0.717) is 5.56 Å². The minimum absolute atomic E-state index is 0.436. The van der Waals surface area contributed by atoms with Crippen molar-refractivity contribution < 1.29 is 4.79 Å². The minimum atomic E-state index is -0.436. The number of nitrogens with zero attached hydrogens (tertiary/aromatic N) is 3. The number of nitrogens with two attached hydrogens (primary N) is 1. The average Bonchev–Trinajstić information content (AvgIpc) is 2.54. The molecule has 0 radical (unpaired) electrons. The van der Waals surface area contributed by atoms with Crippen LogP contribution in [0.5, 0.6) is 0 Å². The summed E-state index contributed by atoms with van der Waals surface area (Å²) >= 11 is 0. The summed E-state index contributed by atoms with van der Waals surface area (Å²) in [5.74, 6) is -0.436. The first-order valence-corrected chi connectivity index (χ1v) is 5.19. The normalized spacial score (nSPS) is 10.9. The van der Waals surface area contributed by atoms with Crippen LogP contribution in [0.1, 0.15) is 28.7 Å². The largest absolute Gasteiger partial charge is 0.366 e. The molecule has 0 aliphatic heterocycles. The van der Waals surface area contributed by atoms with Crippen molar-refractivity contribution in [1.82, 2.24) is 14.8 Å². The zero-order valence-corrected chi connectivity index (χ0v) is 9.61. The fourth-order valence-corrected chi connectivity index (χ4v) is 1.89. The molecule has 0 unspecified atom stereocenters. The van der Waals surface area contributed by atoms with Crippen molar-refractivity contribution in [2.45, 2.75) is 27.3 Å². The predicted molar refractivity (Wildman–Crippen MR) is 61.2 cm³/mol. The SMILES string of the molecule is CCn1nc(C)c2c(C(N)=O)cc(C)nc21. The molecule has 0 aliphatic rings. The van der Waals surface area contributed by atoms with Gasteiger partial charge in [-0.05, 0) is 26.8 Å². The molecule has 0 aliphatic carbocycles. The number of hydrogen-bond donors (Lipinski definition) is 1. The molecule has 16 heavy (non-hydrogen) atoms. The van der Waals surface area contributed by atoms with Gasteiger partial charge in [-0.2, -0.15) is 5.10 Å². The Balaban J connectivity index is 2.91. The molecule has 0 saturated heterocycles. The smallest absolute Gasteiger partial charge is 0.249 e. The van der Waals surface area contributed by atoms with Crippen molar-refractivity contribution in [3.05, 3.63) is 23.0 Å². The van der Waals surface area contributed by atoms with Crippen molar-refractivity contribution in [3.63, 3.8) is 0 Å². The Hall–Kier alpha value is -1.91. The molecule has 0 saturated carbocycles. The van der Waals surface area contributed by atoms with E-state index in [2.05, 4.69) is 10.1 Å². The van der Waals surface area contributed by atoms with Gasteiger partial charge in [0.1, 0.15) is 0 Å². The van der Waals surface area contributed by atoms with Crippen LogP contribution in [0.25, 0.3) is 11.0 Å². The van der Waals surface area contributed by atoms with Crippen molar-refractivity contribution >= 4 is 16.9 Å². The Morgan fingerprint density at radius 3 is 2.75 bits per heavy atom. The van der Waals surface area contributed by atoms with E-state index in [1.807, 2.05) is 20.8 Å². The van der Waals surface area contributed by atoms with Crippen LogP contribution in [-0.4, -0.2) is 20.7 Å². The number of carbonyl (C=O) groups excluding carboxylic acids is 1. The number of carbonyl (C=O) groups is 1. The molecule has 0 spiro atoms. The molecular formula is C11H14N4O. The third-order valence-corrected chi connectivity index (χ3v) is 2.57. The maximum absolute atomic E-state index is 11.4. The van der Waals surface area contributed by atoms with E-state index in [-0.39, 0.29) is 0 Å². The number of aromatic nitrogens is 3. The molecule has 0 aromatic carbocycles. The molecule has 2 aromatic rings. The summed E-state index contributed by atoms with van der Waals surface area (Å²) in [5.41, 5.74) is 8.16. The Labute approximate surface area is 93.3 Å². The van der Waals surface area contributed by atoms with Gasteiger partial charge >= 0.3 is 0 Å². The van der Waals surface area contributed by atoms with Gasteiger partial charge in [-0.25, -0.2) is 9.67 Å². The third kappa shape index (κ3) is 1.44. The molecule has 2 aromatic heterocycles. The number of hydrogen-bond acceptors (Lipinski definition) is 3. The topological polar surface area (TPSA) is 73.8 Å². The lowest BCUT2D eigenvalue weighted by Gasteiger charge is -2.02. The van der Waals surface area contributed by atoms with E-state index >= 15 is 0 Å². The first-order chi connectivity index (χ1) is 7.54. The zero-order valence-electron chi connectivity index (χ0n) is 9.61. The van der Waals surface area contributed by atoms with Crippen LogP contribution in [0, 0.1) is 13.8 Å². The van der Waals surface area contributed by atoms with Crippen LogP contribution >= 0.6 is 0 Å². The summed E-state index contributed by atoms with van der Waals surface area (Å²) < 4.78 is 1.78. The van der Waals surface area contributed by atoms with Crippen LogP contribution in [0.2, 0.25) is 0 Å². The molecule has 2 heterocycles. The first kappa shape index (κ1) is 10.6. The number of rotatable bonds is 2. The molecule has 0 bridgehead atoms. The minimum Gasteiger partial charge on any atom is -0.366 e. The molecule has 2 rings (SSSR count). The van der Waals surface area contributed by atoms with Crippen LogP contribution < -0.4 is 5.73 Å². The van der Waals surface area contributed by atoms with Gasteiger partial charge in [0.2, 0.25) is 5.91 Å². The molecule has 84 valence electrons. The monoisotopic (exact) mass is 218 g/mol. The second-order valence-corrected chi connectivity index (χ2v) is 3.78. The highest BCUT2D eigenvalue weighted by Crippen LogP contribution is 2.21. The summed E-state index contributed by atoms with van der Waals surface area (Å²) in [7, 11) is 0. The maximum Gasteiger partial charge on any atom is 0.249 e. The van der Waals surface area contributed by atoms with E-state index in [1.54, 1.807) is 10.7 Å². The van der Waals surface area contributed by atoms with Gasteiger partial charge in [0.05, 0.1) is 16.6 Å². The summed E-state index contributed by atoms with van der Waals surface area (Å²) in [6.45, 7) is 6.41. The lowest BCUT2D eigenvalue weighted by Crippen LogP contribution is -2.12. The lowest BCUT2D eigenvalue weighted by molar-refractivity contribution is 0.100. The third-order valence-electron chi connectivity index (χ3n) is 2.57. The van der Waals surface area contributed by atoms with E-state index < -0.39 is 5.91 Å². The van der Waals surface area contributed by atoms with Gasteiger partial charge in [0, 0.05) is 12.2 Å².